The summed E-state index contributed by atoms with van der Waals surface area (Å²) >= 11 is 0. The van der Waals surface area contributed by atoms with Gasteiger partial charge in [0.25, 0.3) is 0 Å². The van der Waals surface area contributed by atoms with Crippen molar-refractivity contribution in [1.82, 2.24) is 0 Å². The Labute approximate surface area is 149 Å². The summed E-state index contributed by atoms with van der Waals surface area (Å²) in [6.07, 6.45) is 0.894. The van der Waals surface area contributed by atoms with Gasteiger partial charge in [-0.15, -0.1) is 12.4 Å². The Morgan fingerprint density at radius 2 is 1.83 bits per heavy atom. The first-order valence-corrected chi connectivity index (χ1v) is 7.90. The molecule has 0 saturated carbocycles. The number of benzene rings is 2. The first kappa shape index (κ1) is 20.2. The van der Waals surface area contributed by atoms with Crippen LogP contribution in [-0.4, -0.2) is 19.1 Å². The largest absolute Gasteiger partial charge is 0.376 e. The predicted octanol–water partition coefficient (Wildman–Crippen LogP) is 3.40. The minimum atomic E-state index is -0.194. The molecule has 0 heterocycles. The molecule has 4 nitrogen and oxygen atoms in total. The summed E-state index contributed by atoms with van der Waals surface area (Å²) in [7, 11) is 0. The Kier molecular flexibility index (Phi) is 9.08. The summed E-state index contributed by atoms with van der Waals surface area (Å²) in [6.45, 7) is 3.35. The van der Waals surface area contributed by atoms with Gasteiger partial charge in [-0.3, -0.25) is 4.79 Å². The standard InChI is InChI=1S/C19H24N2O2.ClH/c1-15(13-20)19(22)21-18-9-5-8-17(12-18)14-23-11-10-16-6-3-2-4-7-16;/h2-9,12,15H,10-11,13-14,20H2,1H3,(H,21,22);1H. The lowest BCUT2D eigenvalue weighted by molar-refractivity contribution is -0.119. The summed E-state index contributed by atoms with van der Waals surface area (Å²) in [6, 6.07) is 18.0. The number of nitrogens with one attached hydrogen (secondary N) is 1. The average molecular weight is 349 g/mol. The normalized spacial score (nSPS) is 11.4. The molecule has 24 heavy (non-hydrogen) atoms. The molecule has 0 fully saturated rings. The van der Waals surface area contributed by atoms with E-state index in [1.54, 1.807) is 0 Å². The van der Waals surface area contributed by atoms with E-state index in [0.717, 1.165) is 17.7 Å². The van der Waals surface area contributed by atoms with Crippen LogP contribution < -0.4 is 11.1 Å². The molecule has 0 saturated heterocycles. The van der Waals surface area contributed by atoms with Crippen LogP contribution in [0.15, 0.2) is 54.6 Å². The van der Waals surface area contributed by atoms with Crippen LogP contribution in [0.4, 0.5) is 5.69 Å². The molecule has 3 N–H and O–H groups in total. The lowest BCUT2D eigenvalue weighted by atomic mass is 10.1. The van der Waals surface area contributed by atoms with Crippen LogP contribution in [0.25, 0.3) is 0 Å². The van der Waals surface area contributed by atoms with E-state index in [4.69, 9.17) is 10.5 Å². The molecule has 1 atom stereocenters. The van der Waals surface area contributed by atoms with E-state index in [0.29, 0.717) is 19.8 Å². The average Bonchev–Trinajstić information content (AvgIpc) is 2.59. The van der Waals surface area contributed by atoms with Crippen molar-refractivity contribution in [1.29, 1.82) is 0 Å². The minimum Gasteiger partial charge on any atom is -0.376 e. The van der Waals surface area contributed by atoms with Crippen LogP contribution >= 0.6 is 12.4 Å². The molecule has 2 aromatic carbocycles. The summed E-state index contributed by atoms with van der Waals surface area (Å²) in [5.41, 5.74) is 8.59. The van der Waals surface area contributed by atoms with Crippen LogP contribution in [0, 0.1) is 5.92 Å². The number of anilines is 1. The van der Waals surface area contributed by atoms with E-state index in [1.165, 1.54) is 5.56 Å². The second kappa shape index (κ2) is 10.8. The van der Waals surface area contributed by atoms with Crippen LogP contribution in [0.3, 0.4) is 0 Å². The maximum atomic E-state index is 11.8. The van der Waals surface area contributed by atoms with Gasteiger partial charge in [0.05, 0.1) is 13.2 Å². The van der Waals surface area contributed by atoms with E-state index in [1.807, 2.05) is 49.4 Å². The molecular weight excluding hydrogens is 324 g/mol. The van der Waals surface area contributed by atoms with Crippen LogP contribution in [0.1, 0.15) is 18.1 Å². The third-order valence-corrected chi connectivity index (χ3v) is 3.64. The number of halogens is 1. The van der Waals surface area contributed by atoms with Crippen LogP contribution in [0.2, 0.25) is 0 Å². The zero-order chi connectivity index (χ0) is 16.5. The molecule has 0 aliphatic rings. The van der Waals surface area contributed by atoms with Gasteiger partial charge in [-0.1, -0.05) is 49.4 Å². The number of carbonyl (C=O) groups is 1. The van der Waals surface area contributed by atoms with Crippen molar-refractivity contribution >= 4 is 24.0 Å². The zero-order valence-electron chi connectivity index (χ0n) is 13.9. The van der Waals surface area contributed by atoms with Gasteiger partial charge in [-0.25, -0.2) is 0 Å². The lowest BCUT2D eigenvalue weighted by Gasteiger charge is -2.11. The molecule has 0 bridgehead atoms. The van der Waals surface area contributed by atoms with Gasteiger partial charge in [-0.2, -0.15) is 0 Å². The molecule has 0 aliphatic carbocycles. The molecule has 0 aliphatic heterocycles. The SMILES string of the molecule is CC(CN)C(=O)Nc1cccc(COCCc2ccccc2)c1.Cl. The van der Waals surface area contributed by atoms with Gasteiger partial charge in [-0.05, 0) is 29.7 Å². The Morgan fingerprint density at radius 1 is 1.12 bits per heavy atom. The van der Waals surface area contributed by atoms with Gasteiger partial charge in [0.2, 0.25) is 5.91 Å². The Morgan fingerprint density at radius 3 is 2.54 bits per heavy atom. The van der Waals surface area contributed by atoms with Gasteiger partial charge < -0.3 is 15.8 Å². The first-order valence-electron chi connectivity index (χ1n) is 7.90. The summed E-state index contributed by atoms with van der Waals surface area (Å²) in [5, 5.41) is 2.87. The molecule has 130 valence electrons. The van der Waals surface area contributed by atoms with Crippen molar-refractivity contribution < 1.29 is 9.53 Å². The zero-order valence-corrected chi connectivity index (χ0v) is 14.7. The number of amides is 1. The molecule has 5 heteroatoms. The maximum absolute atomic E-state index is 11.8. The maximum Gasteiger partial charge on any atom is 0.228 e. The Hall–Kier alpha value is -1.88. The fraction of sp³-hybridized carbons (Fsp3) is 0.316. The summed E-state index contributed by atoms with van der Waals surface area (Å²) in [4.78, 5) is 11.8. The lowest BCUT2D eigenvalue weighted by Crippen LogP contribution is -2.26. The predicted molar refractivity (Wildman–Crippen MR) is 100 cm³/mol. The second-order valence-corrected chi connectivity index (χ2v) is 5.61. The topological polar surface area (TPSA) is 64.4 Å². The number of ether oxygens (including phenoxy) is 1. The van der Waals surface area contributed by atoms with Crippen LogP contribution in [-0.2, 0) is 22.6 Å². The highest BCUT2D eigenvalue weighted by molar-refractivity contribution is 5.92. The van der Waals surface area contributed by atoms with E-state index < -0.39 is 0 Å². The highest BCUT2D eigenvalue weighted by atomic mass is 35.5. The fourth-order valence-corrected chi connectivity index (χ4v) is 2.14. The third-order valence-electron chi connectivity index (χ3n) is 3.64. The Bertz CT molecular complexity index is 620. The number of nitrogens with two attached hydrogens (primary N) is 1. The minimum absolute atomic E-state index is 0. The van der Waals surface area contributed by atoms with Crippen molar-refractivity contribution in [3.63, 3.8) is 0 Å². The van der Waals surface area contributed by atoms with Crippen LogP contribution in [0.5, 0.6) is 0 Å². The number of hydrogen-bond acceptors (Lipinski definition) is 3. The smallest absolute Gasteiger partial charge is 0.228 e. The first-order chi connectivity index (χ1) is 11.2. The van der Waals surface area contributed by atoms with Crippen molar-refractivity contribution in [3.8, 4) is 0 Å². The Balaban J connectivity index is 0.00000288. The van der Waals surface area contributed by atoms with E-state index >= 15 is 0 Å². The molecule has 0 radical (unpaired) electrons. The highest BCUT2D eigenvalue weighted by Crippen LogP contribution is 2.13. The highest BCUT2D eigenvalue weighted by Gasteiger charge is 2.10. The molecular formula is C19H25ClN2O2. The molecule has 2 aromatic rings. The van der Waals surface area contributed by atoms with Crippen molar-refractivity contribution in [2.45, 2.75) is 20.0 Å². The van der Waals surface area contributed by atoms with Crippen molar-refractivity contribution in [2.24, 2.45) is 11.7 Å². The van der Waals surface area contributed by atoms with E-state index in [-0.39, 0.29) is 24.2 Å². The molecule has 0 aromatic heterocycles. The van der Waals surface area contributed by atoms with Crippen molar-refractivity contribution in [3.05, 3.63) is 65.7 Å². The number of rotatable bonds is 8. The molecule has 2 rings (SSSR count). The molecule has 1 amide bonds. The second-order valence-electron chi connectivity index (χ2n) is 5.61. The van der Waals surface area contributed by atoms with Gasteiger partial charge in [0.15, 0.2) is 0 Å². The number of hydrogen-bond donors (Lipinski definition) is 2. The third kappa shape index (κ3) is 6.71. The number of carbonyl (C=O) groups excluding carboxylic acids is 1. The summed E-state index contributed by atoms with van der Waals surface area (Å²) in [5.74, 6) is -0.254. The van der Waals surface area contributed by atoms with Gasteiger partial charge in [0, 0.05) is 18.2 Å². The quantitative estimate of drug-likeness (QED) is 0.718. The fourth-order valence-electron chi connectivity index (χ4n) is 2.14. The summed E-state index contributed by atoms with van der Waals surface area (Å²) < 4.78 is 5.72. The molecule has 0 spiro atoms. The monoisotopic (exact) mass is 348 g/mol. The van der Waals surface area contributed by atoms with E-state index in [2.05, 4.69) is 17.4 Å². The van der Waals surface area contributed by atoms with Gasteiger partial charge >= 0.3 is 0 Å². The van der Waals surface area contributed by atoms with Gasteiger partial charge in [0.1, 0.15) is 0 Å². The molecule has 1 unspecified atom stereocenters. The van der Waals surface area contributed by atoms with Crippen molar-refractivity contribution in [2.75, 3.05) is 18.5 Å². The van der Waals surface area contributed by atoms with E-state index in [9.17, 15) is 4.79 Å².